The summed E-state index contributed by atoms with van der Waals surface area (Å²) in [5.74, 6) is -0.114. The first kappa shape index (κ1) is 15.1. The molecule has 0 bridgehead atoms. The van der Waals surface area contributed by atoms with E-state index in [0.717, 1.165) is 0 Å². The minimum absolute atomic E-state index is 0.0154. The molecule has 7 nitrogen and oxygen atoms in total. The standard InChI is InChI=1S/C14H20N4O3/c1-14(2)13(20)17(3)7-8-18(14)11-9(15)5-6-10(16-11)12(19)21-4/h5-6H,7-8,15H2,1-4H3. The van der Waals surface area contributed by atoms with Gasteiger partial charge in [0.15, 0.2) is 11.5 Å². The molecule has 0 radical (unpaired) electrons. The van der Waals surface area contributed by atoms with E-state index in [0.29, 0.717) is 24.6 Å². The average Bonchev–Trinajstić information content (AvgIpc) is 2.45. The van der Waals surface area contributed by atoms with Gasteiger partial charge in [-0.2, -0.15) is 0 Å². The third-order valence-corrected chi connectivity index (χ3v) is 3.76. The number of hydrogen-bond acceptors (Lipinski definition) is 6. The number of hydrogen-bond donors (Lipinski definition) is 1. The van der Waals surface area contributed by atoms with Crippen molar-refractivity contribution in [2.75, 3.05) is 37.9 Å². The topological polar surface area (TPSA) is 88.8 Å². The van der Waals surface area contributed by atoms with Crippen LogP contribution in [-0.4, -0.2) is 54.5 Å². The summed E-state index contributed by atoms with van der Waals surface area (Å²) in [5, 5.41) is 0. The van der Waals surface area contributed by atoms with E-state index in [9.17, 15) is 9.59 Å². The molecule has 1 aromatic heterocycles. The molecular weight excluding hydrogens is 272 g/mol. The molecule has 1 aliphatic heterocycles. The van der Waals surface area contributed by atoms with E-state index >= 15 is 0 Å². The van der Waals surface area contributed by atoms with Crippen LogP contribution in [0.4, 0.5) is 11.5 Å². The van der Waals surface area contributed by atoms with Crippen molar-refractivity contribution in [3.8, 4) is 0 Å². The monoisotopic (exact) mass is 292 g/mol. The van der Waals surface area contributed by atoms with Crippen LogP contribution in [0.3, 0.4) is 0 Å². The average molecular weight is 292 g/mol. The quantitative estimate of drug-likeness (QED) is 0.799. The highest BCUT2D eigenvalue weighted by Crippen LogP contribution is 2.31. The van der Waals surface area contributed by atoms with Gasteiger partial charge in [0.1, 0.15) is 5.54 Å². The molecule has 21 heavy (non-hydrogen) atoms. The van der Waals surface area contributed by atoms with Gasteiger partial charge in [-0.3, -0.25) is 4.79 Å². The Morgan fingerprint density at radius 2 is 2.05 bits per heavy atom. The lowest BCUT2D eigenvalue weighted by atomic mass is 9.97. The highest BCUT2D eigenvalue weighted by Gasteiger charge is 2.42. The van der Waals surface area contributed by atoms with Crippen molar-refractivity contribution in [2.24, 2.45) is 0 Å². The van der Waals surface area contributed by atoms with Crippen molar-refractivity contribution in [3.63, 3.8) is 0 Å². The molecule has 2 heterocycles. The van der Waals surface area contributed by atoms with Crippen LogP contribution in [0.25, 0.3) is 0 Å². The number of amides is 1. The Bertz CT molecular complexity index is 586. The molecule has 2 rings (SSSR count). The Morgan fingerprint density at radius 3 is 2.67 bits per heavy atom. The van der Waals surface area contributed by atoms with Gasteiger partial charge in [-0.15, -0.1) is 0 Å². The molecule has 0 atom stereocenters. The van der Waals surface area contributed by atoms with Crippen molar-refractivity contribution in [1.29, 1.82) is 0 Å². The van der Waals surface area contributed by atoms with Crippen LogP contribution in [0, 0.1) is 0 Å². The Kier molecular flexibility index (Phi) is 3.76. The zero-order chi connectivity index (χ0) is 15.8. The van der Waals surface area contributed by atoms with Crippen LogP contribution in [0.5, 0.6) is 0 Å². The van der Waals surface area contributed by atoms with E-state index < -0.39 is 11.5 Å². The van der Waals surface area contributed by atoms with Gasteiger partial charge < -0.3 is 20.3 Å². The van der Waals surface area contributed by atoms with Crippen LogP contribution in [-0.2, 0) is 9.53 Å². The van der Waals surface area contributed by atoms with Gasteiger partial charge in [-0.05, 0) is 26.0 Å². The van der Waals surface area contributed by atoms with Gasteiger partial charge in [0, 0.05) is 20.1 Å². The number of anilines is 2. The Balaban J connectivity index is 2.45. The lowest BCUT2D eigenvalue weighted by Crippen LogP contribution is -2.62. The molecule has 0 spiro atoms. The number of carbonyl (C=O) groups is 2. The molecule has 7 heteroatoms. The largest absolute Gasteiger partial charge is 0.464 e. The molecule has 1 aliphatic rings. The predicted octanol–water partition coefficient (Wildman–Crippen LogP) is 0.507. The smallest absolute Gasteiger partial charge is 0.356 e. The summed E-state index contributed by atoms with van der Waals surface area (Å²) in [4.78, 5) is 31.7. The maximum Gasteiger partial charge on any atom is 0.356 e. The van der Waals surface area contributed by atoms with Gasteiger partial charge in [-0.25, -0.2) is 9.78 Å². The maximum absolute atomic E-state index is 12.3. The molecule has 1 amide bonds. The summed E-state index contributed by atoms with van der Waals surface area (Å²) in [7, 11) is 3.06. The van der Waals surface area contributed by atoms with Crippen LogP contribution in [0.2, 0.25) is 0 Å². The number of likely N-dealkylation sites (N-methyl/N-ethyl adjacent to an activating group) is 1. The number of nitrogens with zero attached hydrogens (tertiary/aromatic N) is 3. The first-order chi connectivity index (χ1) is 9.78. The minimum Gasteiger partial charge on any atom is -0.464 e. The molecule has 2 N–H and O–H groups in total. The molecule has 1 fully saturated rings. The lowest BCUT2D eigenvalue weighted by Gasteiger charge is -2.45. The molecule has 0 aromatic carbocycles. The Labute approximate surface area is 123 Å². The van der Waals surface area contributed by atoms with Gasteiger partial charge in [0.05, 0.1) is 12.8 Å². The second kappa shape index (κ2) is 5.23. The van der Waals surface area contributed by atoms with Crippen molar-refractivity contribution in [2.45, 2.75) is 19.4 Å². The van der Waals surface area contributed by atoms with E-state index in [1.54, 1.807) is 18.0 Å². The zero-order valence-electron chi connectivity index (χ0n) is 12.7. The van der Waals surface area contributed by atoms with E-state index in [2.05, 4.69) is 9.72 Å². The zero-order valence-corrected chi connectivity index (χ0v) is 12.7. The molecule has 0 unspecified atom stereocenters. The number of carbonyl (C=O) groups excluding carboxylic acids is 2. The fourth-order valence-electron chi connectivity index (χ4n) is 2.48. The normalized spacial score (nSPS) is 17.8. The van der Waals surface area contributed by atoms with Crippen molar-refractivity contribution >= 4 is 23.4 Å². The predicted molar refractivity (Wildman–Crippen MR) is 79.1 cm³/mol. The van der Waals surface area contributed by atoms with Gasteiger partial charge in [0.2, 0.25) is 5.91 Å². The summed E-state index contributed by atoms with van der Waals surface area (Å²) in [5.41, 5.74) is 5.80. The number of aromatic nitrogens is 1. The van der Waals surface area contributed by atoms with Crippen LogP contribution in [0.15, 0.2) is 12.1 Å². The number of ether oxygens (including phenoxy) is 1. The summed E-state index contributed by atoms with van der Waals surface area (Å²) in [6.45, 7) is 4.80. The fourth-order valence-corrected chi connectivity index (χ4v) is 2.48. The highest BCUT2D eigenvalue weighted by molar-refractivity contribution is 5.92. The molecule has 114 valence electrons. The third kappa shape index (κ3) is 2.51. The number of pyridine rings is 1. The highest BCUT2D eigenvalue weighted by atomic mass is 16.5. The Morgan fingerprint density at radius 1 is 1.38 bits per heavy atom. The van der Waals surface area contributed by atoms with Gasteiger partial charge in [-0.1, -0.05) is 0 Å². The molecule has 0 aliphatic carbocycles. The molecule has 1 aromatic rings. The van der Waals surface area contributed by atoms with Gasteiger partial charge >= 0.3 is 5.97 Å². The lowest BCUT2D eigenvalue weighted by molar-refractivity contribution is -0.136. The van der Waals surface area contributed by atoms with Crippen molar-refractivity contribution in [3.05, 3.63) is 17.8 Å². The van der Waals surface area contributed by atoms with Crippen molar-refractivity contribution < 1.29 is 14.3 Å². The number of esters is 1. The second-order valence-electron chi connectivity index (χ2n) is 5.54. The van der Waals surface area contributed by atoms with Crippen LogP contribution < -0.4 is 10.6 Å². The summed E-state index contributed by atoms with van der Waals surface area (Å²) >= 11 is 0. The maximum atomic E-state index is 12.3. The SMILES string of the molecule is COC(=O)c1ccc(N)c(N2CCN(C)C(=O)C2(C)C)n1. The number of nitrogens with two attached hydrogens (primary N) is 1. The van der Waals surface area contributed by atoms with E-state index in [-0.39, 0.29) is 11.6 Å². The summed E-state index contributed by atoms with van der Waals surface area (Å²) in [6, 6.07) is 3.11. The number of methoxy groups -OCH3 is 1. The van der Waals surface area contributed by atoms with Crippen LogP contribution >= 0.6 is 0 Å². The first-order valence-corrected chi connectivity index (χ1v) is 6.67. The van der Waals surface area contributed by atoms with Crippen molar-refractivity contribution in [1.82, 2.24) is 9.88 Å². The van der Waals surface area contributed by atoms with E-state index in [1.807, 2.05) is 18.7 Å². The molecule has 0 saturated carbocycles. The Hall–Kier alpha value is -2.31. The summed E-state index contributed by atoms with van der Waals surface area (Å²) in [6.07, 6.45) is 0. The number of rotatable bonds is 2. The number of nitrogen functional groups attached to an aromatic ring is 1. The fraction of sp³-hybridized carbons (Fsp3) is 0.500. The van der Waals surface area contributed by atoms with Gasteiger partial charge in [0.25, 0.3) is 0 Å². The molecular formula is C14H20N4O3. The third-order valence-electron chi connectivity index (χ3n) is 3.76. The summed E-state index contributed by atoms with van der Waals surface area (Å²) < 4.78 is 4.67. The van der Waals surface area contributed by atoms with Crippen LogP contribution in [0.1, 0.15) is 24.3 Å². The minimum atomic E-state index is -0.775. The number of piperazine rings is 1. The van der Waals surface area contributed by atoms with E-state index in [1.165, 1.54) is 13.2 Å². The molecule has 1 saturated heterocycles. The second-order valence-corrected chi connectivity index (χ2v) is 5.54. The van der Waals surface area contributed by atoms with E-state index in [4.69, 9.17) is 5.73 Å². The first-order valence-electron chi connectivity index (χ1n) is 6.67.